The highest BCUT2D eigenvalue weighted by Gasteiger charge is 2.68. The molecule has 0 amide bonds. The maximum atomic E-state index is 14.5. The Balaban J connectivity index is 1.38. The van der Waals surface area contributed by atoms with Gasteiger partial charge in [-0.25, -0.2) is 19.3 Å². The smallest absolute Gasteiger partial charge is 0.227 e. The molecule has 3 saturated heterocycles. The van der Waals surface area contributed by atoms with Crippen LogP contribution in [0, 0.1) is 5.41 Å². The van der Waals surface area contributed by atoms with Gasteiger partial charge in [0, 0.05) is 49.1 Å². The molecule has 2 bridgehead atoms. The summed E-state index contributed by atoms with van der Waals surface area (Å²) in [5.74, 6) is 1.77. The first-order valence-electron chi connectivity index (χ1n) is 10.2. The van der Waals surface area contributed by atoms with E-state index in [1.807, 2.05) is 6.07 Å². The lowest BCUT2D eigenvalue weighted by molar-refractivity contribution is 0.0989. The van der Waals surface area contributed by atoms with Crippen molar-refractivity contribution < 1.29 is 9.13 Å². The molecule has 2 N–H and O–H groups in total. The second-order valence-corrected chi connectivity index (χ2v) is 9.06. The van der Waals surface area contributed by atoms with Crippen LogP contribution in [0.15, 0.2) is 18.5 Å². The molecule has 29 heavy (non-hydrogen) atoms. The zero-order valence-corrected chi connectivity index (χ0v) is 16.4. The molecule has 6 rings (SSSR count). The van der Waals surface area contributed by atoms with Crippen LogP contribution < -0.4 is 15.5 Å². The molecule has 0 aromatic carbocycles. The molecule has 5 heterocycles. The number of nitrogens with zero attached hydrogens (tertiary/aromatic N) is 6. The number of morpholine rings is 1. The van der Waals surface area contributed by atoms with Crippen LogP contribution in [0.4, 0.5) is 22.1 Å². The summed E-state index contributed by atoms with van der Waals surface area (Å²) in [5.41, 5.74) is 5.89. The quantitative estimate of drug-likeness (QED) is 0.838. The van der Waals surface area contributed by atoms with Gasteiger partial charge in [-0.05, 0) is 26.2 Å². The Kier molecular flexibility index (Phi) is 3.43. The van der Waals surface area contributed by atoms with Crippen LogP contribution >= 0.6 is 0 Å². The van der Waals surface area contributed by atoms with Crippen LogP contribution in [-0.4, -0.2) is 64.0 Å². The second kappa shape index (κ2) is 5.75. The molecule has 2 unspecified atom stereocenters. The minimum absolute atomic E-state index is 0.231. The Morgan fingerprint density at radius 3 is 2.69 bits per heavy atom. The lowest BCUT2D eigenvalue weighted by Crippen LogP contribution is -2.38. The van der Waals surface area contributed by atoms with Crippen molar-refractivity contribution in [1.82, 2.24) is 19.9 Å². The Bertz CT molecular complexity index is 968. The third-order valence-electron chi connectivity index (χ3n) is 7.15. The largest absolute Gasteiger partial charge is 0.374 e. The third-order valence-corrected chi connectivity index (χ3v) is 7.15. The fraction of sp³-hybridized carbons (Fsp3) is 0.600. The topological polar surface area (TPSA) is 93.3 Å². The molecule has 1 aliphatic carbocycles. The van der Waals surface area contributed by atoms with Crippen molar-refractivity contribution in [1.29, 1.82) is 0 Å². The first-order valence-corrected chi connectivity index (χ1v) is 10.2. The highest BCUT2D eigenvalue weighted by atomic mass is 19.1. The lowest BCUT2D eigenvalue weighted by Gasteiger charge is -2.29. The number of anilines is 3. The van der Waals surface area contributed by atoms with Gasteiger partial charge in [0.1, 0.15) is 11.5 Å². The number of hydrogen-bond donors (Lipinski definition) is 1. The van der Waals surface area contributed by atoms with E-state index in [1.54, 1.807) is 19.3 Å². The fourth-order valence-corrected chi connectivity index (χ4v) is 5.21. The first kappa shape index (κ1) is 17.3. The van der Waals surface area contributed by atoms with E-state index in [0.717, 1.165) is 49.6 Å². The number of alkyl halides is 1. The van der Waals surface area contributed by atoms with Crippen molar-refractivity contribution in [3.8, 4) is 11.3 Å². The number of nitrogen functional groups attached to an aromatic ring is 1. The van der Waals surface area contributed by atoms with Gasteiger partial charge in [-0.3, -0.25) is 0 Å². The van der Waals surface area contributed by atoms with E-state index < -0.39 is 5.67 Å². The Labute approximate surface area is 168 Å². The Hall–Kier alpha value is -2.55. The molecule has 8 nitrogen and oxygen atoms in total. The monoisotopic (exact) mass is 397 g/mol. The van der Waals surface area contributed by atoms with E-state index in [9.17, 15) is 4.39 Å². The van der Waals surface area contributed by atoms with Crippen molar-refractivity contribution in [2.45, 2.75) is 44.0 Å². The zero-order valence-electron chi connectivity index (χ0n) is 16.4. The van der Waals surface area contributed by atoms with Crippen molar-refractivity contribution in [3.63, 3.8) is 0 Å². The van der Waals surface area contributed by atoms with Gasteiger partial charge < -0.3 is 20.3 Å². The molecule has 4 fully saturated rings. The molecule has 0 radical (unpaired) electrons. The predicted molar refractivity (Wildman–Crippen MR) is 106 cm³/mol. The maximum Gasteiger partial charge on any atom is 0.227 e. The van der Waals surface area contributed by atoms with Crippen molar-refractivity contribution in [2.24, 2.45) is 5.41 Å². The normalized spacial score (nSPS) is 35.1. The molecule has 1 saturated carbocycles. The van der Waals surface area contributed by atoms with Crippen LogP contribution in [0.2, 0.25) is 0 Å². The maximum absolute atomic E-state index is 14.5. The van der Waals surface area contributed by atoms with Gasteiger partial charge >= 0.3 is 0 Å². The number of hydrogen-bond acceptors (Lipinski definition) is 8. The molecular weight excluding hydrogens is 373 g/mol. The molecule has 3 aliphatic heterocycles. The van der Waals surface area contributed by atoms with Gasteiger partial charge in [0.2, 0.25) is 11.9 Å². The van der Waals surface area contributed by atoms with Crippen molar-refractivity contribution in [2.75, 3.05) is 41.8 Å². The van der Waals surface area contributed by atoms with Gasteiger partial charge in [-0.1, -0.05) is 0 Å². The second-order valence-electron chi connectivity index (χ2n) is 9.06. The minimum Gasteiger partial charge on any atom is -0.374 e. The van der Waals surface area contributed by atoms with Gasteiger partial charge in [-0.2, -0.15) is 4.98 Å². The lowest BCUT2D eigenvalue weighted by atomic mass is 10.0. The van der Waals surface area contributed by atoms with Crippen LogP contribution in [0.1, 0.15) is 26.2 Å². The molecule has 2 aromatic rings. The first-order chi connectivity index (χ1) is 13.9. The van der Waals surface area contributed by atoms with Gasteiger partial charge in [0.15, 0.2) is 0 Å². The molecule has 1 spiro atoms. The third kappa shape index (κ3) is 2.67. The fourth-order valence-electron chi connectivity index (χ4n) is 5.21. The van der Waals surface area contributed by atoms with E-state index in [4.69, 9.17) is 20.4 Å². The van der Waals surface area contributed by atoms with E-state index in [2.05, 4.69) is 19.8 Å². The standard InChI is InChI=1S/C20H24FN7O/c1-19(21)10-20(19)2-3-27(11-20)18-25-15(12-6-23-17(22)24-7-12)5-16(26-18)28-8-14-4-13(28)9-29-14/h5-7,13-14H,2-4,8-11H2,1H3,(H2,22,23,24)/t13-,14-,19?,20?/m0/s1. The number of rotatable bonds is 3. The number of halogens is 1. The summed E-state index contributed by atoms with van der Waals surface area (Å²) in [7, 11) is 0. The number of ether oxygens (including phenoxy) is 1. The molecular formula is C20H24FN7O. The van der Waals surface area contributed by atoms with Crippen molar-refractivity contribution >= 4 is 17.7 Å². The van der Waals surface area contributed by atoms with E-state index in [0.29, 0.717) is 25.0 Å². The van der Waals surface area contributed by atoms with Crippen LogP contribution in [0.25, 0.3) is 11.3 Å². The van der Waals surface area contributed by atoms with E-state index >= 15 is 0 Å². The molecule has 9 heteroatoms. The van der Waals surface area contributed by atoms with Crippen molar-refractivity contribution in [3.05, 3.63) is 18.5 Å². The molecule has 4 atom stereocenters. The highest BCUT2D eigenvalue weighted by molar-refractivity contribution is 5.65. The molecule has 2 aromatic heterocycles. The predicted octanol–water partition coefficient (Wildman–Crippen LogP) is 1.82. The summed E-state index contributed by atoms with van der Waals surface area (Å²) in [5, 5.41) is 0. The summed E-state index contributed by atoms with van der Waals surface area (Å²) in [6, 6.07) is 2.34. The van der Waals surface area contributed by atoms with Gasteiger partial charge in [0.25, 0.3) is 0 Å². The number of fused-ring (bicyclic) bond motifs is 2. The molecule has 4 aliphatic rings. The van der Waals surface area contributed by atoms with Crippen LogP contribution in [-0.2, 0) is 4.74 Å². The van der Waals surface area contributed by atoms with Crippen LogP contribution in [0.3, 0.4) is 0 Å². The summed E-state index contributed by atoms with van der Waals surface area (Å²) < 4.78 is 20.3. The van der Waals surface area contributed by atoms with E-state index in [1.165, 1.54) is 0 Å². The van der Waals surface area contributed by atoms with Crippen LogP contribution in [0.5, 0.6) is 0 Å². The average molecular weight is 397 g/mol. The molecule has 152 valence electrons. The van der Waals surface area contributed by atoms with Gasteiger partial charge in [0.05, 0.1) is 24.4 Å². The number of nitrogens with two attached hydrogens (primary N) is 1. The summed E-state index contributed by atoms with van der Waals surface area (Å²) in [6.07, 6.45) is 6.14. The minimum atomic E-state index is -1.07. The zero-order chi connectivity index (χ0) is 19.8. The summed E-state index contributed by atoms with van der Waals surface area (Å²) >= 11 is 0. The SMILES string of the molecule is CC1(F)CC12CCN(c1nc(-c3cnc(N)nc3)cc(N3C[C@@H]4C[C@H]3CO4)n1)C2. The Morgan fingerprint density at radius 1 is 1.28 bits per heavy atom. The van der Waals surface area contributed by atoms with E-state index in [-0.39, 0.29) is 17.5 Å². The Morgan fingerprint density at radius 2 is 2.07 bits per heavy atom. The van der Waals surface area contributed by atoms with Gasteiger partial charge in [-0.15, -0.1) is 0 Å². The summed E-state index contributed by atoms with van der Waals surface area (Å²) in [6.45, 7) is 4.72. The highest BCUT2D eigenvalue weighted by Crippen LogP contribution is 2.64. The average Bonchev–Trinajstić information content (AvgIpc) is 3.22. The summed E-state index contributed by atoms with van der Waals surface area (Å²) in [4.78, 5) is 22.4. The number of aromatic nitrogens is 4.